The summed E-state index contributed by atoms with van der Waals surface area (Å²) in [5, 5.41) is 3.26. The van der Waals surface area contributed by atoms with Gasteiger partial charge < -0.3 is 14.8 Å². The first-order chi connectivity index (χ1) is 10.0. The van der Waals surface area contributed by atoms with Gasteiger partial charge in [0, 0.05) is 16.1 Å². The average molecular weight is 354 g/mol. The number of halogens is 2. The normalized spacial score (nSPS) is 11.9. The maximum absolute atomic E-state index is 13.9. The second kappa shape index (κ2) is 6.80. The molecule has 0 aliphatic rings. The third-order valence-electron chi connectivity index (χ3n) is 3.21. The minimum absolute atomic E-state index is 0.204. The van der Waals surface area contributed by atoms with Gasteiger partial charge in [0.1, 0.15) is 17.3 Å². The van der Waals surface area contributed by atoms with Crippen LogP contribution in [0.2, 0.25) is 0 Å². The molecule has 21 heavy (non-hydrogen) atoms. The molecular weight excluding hydrogens is 337 g/mol. The highest BCUT2D eigenvalue weighted by Gasteiger charge is 2.14. The number of rotatable bonds is 5. The Morgan fingerprint density at radius 2 is 1.86 bits per heavy atom. The number of ether oxygens (including phenoxy) is 2. The molecule has 0 amide bonds. The van der Waals surface area contributed by atoms with Crippen LogP contribution in [0.3, 0.4) is 0 Å². The topological polar surface area (TPSA) is 30.5 Å². The van der Waals surface area contributed by atoms with Gasteiger partial charge in [-0.15, -0.1) is 0 Å². The van der Waals surface area contributed by atoms with Crippen LogP contribution in [0.4, 0.5) is 10.1 Å². The Bertz CT molecular complexity index is 634. The van der Waals surface area contributed by atoms with E-state index in [4.69, 9.17) is 9.47 Å². The maximum atomic E-state index is 13.9. The Morgan fingerprint density at radius 3 is 2.52 bits per heavy atom. The van der Waals surface area contributed by atoms with E-state index < -0.39 is 0 Å². The summed E-state index contributed by atoms with van der Waals surface area (Å²) in [5.74, 6) is 1.11. The van der Waals surface area contributed by atoms with Crippen LogP contribution in [-0.4, -0.2) is 14.2 Å². The number of benzene rings is 2. The number of nitrogens with one attached hydrogen (secondary N) is 1. The second-order valence-electron chi connectivity index (χ2n) is 4.60. The summed E-state index contributed by atoms with van der Waals surface area (Å²) in [7, 11) is 3.19. The number of anilines is 1. The monoisotopic (exact) mass is 353 g/mol. The van der Waals surface area contributed by atoms with Crippen molar-refractivity contribution in [2.24, 2.45) is 0 Å². The summed E-state index contributed by atoms with van der Waals surface area (Å²) in [5.41, 5.74) is 1.37. The highest BCUT2D eigenvalue weighted by Crippen LogP contribution is 2.32. The Hall–Kier alpha value is -1.75. The van der Waals surface area contributed by atoms with E-state index in [0.717, 1.165) is 10.2 Å². The Balaban J connectivity index is 2.26. The minimum Gasteiger partial charge on any atom is -0.497 e. The lowest BCUT2D eigenvalue weighted by atomic mass is 10.1. The molecule has 1 atom stereocenters. The van der Waals surface area contributed by atoms with Gasteiger partial charge in [0.05, 0.1) is 25.9 Å². The first-order valence-electron chi connectivity index (χ1n) is 6.48. The Labute approximate surface area is 132 Å². The molecule has 5 heteroatoms. The molecule has 0 aromatic heterocycles. The largest absolute Gasteiger partial charge is 0.497 e. The Morgan fingerprint density at radius 1 is 1.10 bits per heavy atom. The highest BCUT2D eigenvalue weighted by molar-refractivity contribution is 9.10. The minimum atomic E-state index is -0.245. The van der Waals surface area contributed by atoms with Gasteiger partial charge in [0.2, 0.25) is 0 Å². The molecule has 0 saturated carbocycles. The van der Waals surface area contributed by atoms with Crippen LogP contribution in [-0.2, 0) is 0 Å². The molecule has 2 aromatic carbocycles. The van der Waals surface area contributed by atoms with Crippen LogP contribution in [0.5, 0.6) is 11.5 Å². The second-order valence-corrected chi connectivity index (χ2v) is 5.51. The lowest BCUT2D eigenvalue weighted by molar-refractivity contribution is 0.395. The first-order valence-corrected chi connectivity index (χ1v) is 7.28. The predicted molar refractivity (Wildman–Crippen MR) is 85.7 cm³/mol. The Kier molecular flexibility index (Phi) is 5.07. The zero-order chi connectivity index (χ0) is 15.4. The molecular formula is C16H17BrFNO2. The van der Waals surface area contributed by atoms with Crippen molar-refractivity contribution in [3.63, 3.8) is 0 Å². The number of hydrogen-bond donors (Lipinski definition) is 1. The molecule has 0 fully saturated rings. The maximum Gasteiger partial charge on any atom is 0.145 e. The third-order valence-corrected chi connectivity index (χ3v) is 3.70. The van der Waals surface area contributed by atoms with E-state index in [1.54, 1.807) is 32.4 Å². The van der Waals surface area contributed by atoms with Crippen molar-refractivity contribution in [3.05, 3.63) is 52.3 Å². The summed E-state index contributed by atoms with van der Waals surface area (Å²) in [6, 6.07) is 10.2. The summed E-state index contributed by atoms with van der Waals surface area (Å²) >= 11 is 3.36. The van der Waals surface area contributed by atoms with Crippen molar-refractivity contribution < 1.29 is 13.9 Å². The summed E-state index contributed by atoms with van der Waals surface area (Å²) < 4.78 is 25.2. The summed E-state index contributed by atoms with van der Waals surface area (Å²) in [6.07, 6.45) is 0. The number of methoxy groups -OCH3 is 2. The summed E-state index contributed by atoms with van der Waals surface area (Å²) in [4.78, 5) is 0. The molecule has 0 saturated heterocycles. The molecule has 112 valence electrons. The lowest BCUT2D eigenvalue weighted by Gasteiger charge is -2.19. The SMILES string of the molecule is COc1ccc(NC(C)c2cc(Br)ccc2F)c(OC)c1. The van der Waals surface area contributed by atoms with Crippen molar-refractivity contribution in [2.75, 3.05) is 19.5 Å². The van der Waals surface area contributed by atoms with Gasteiger partial charge in [-0.2, -0.15) is 0 Å². The van der Waals surface area contributed by atoms with Gasteiger partial charge in [-0.3, -0.25) is 0 Å². The molecule has 1 unspecified atom stereocenters. The molecule has 2 rings (SSSR count). The average Bonchev–Trinajstić information content (AvgIpc) is 2.49. The predicted octanol–water partition coefficient (Wildman–Crippen LogP) is 4.78. The fraction of sp³-hybridized carbons (Fsp3) is 0.250. The fourth-order valence-electron chi connectivity index (χ4n) is 2.08. The lowest BCUT2D eigenvalue weighted by Crippen LogP contribution is -2.09. The van der Waals surface area contributed by atoms with E-state index in [-0.39, 0.29) is 11.9 Å². The standard InChI is InChI=1S/C16H17BrFNO2/c1-10(13-8-11(17)4-6-14(13)18)19-15-7-5-12(20-2)9-16(15)21-3/h4-10,19H,1-3H3. The fourth-order valence-corrected chi connectivity index (χ4v) is 2.45. The van der Waals surface area contributed by atoms with Crippen molar-refractivity contribution in [1.82, 2.24) is 0 Å². The molecule has 3 nitrogen and oxygen atoms in total. The van der Waals surface area contributed by atoms with Gasteiger partial charge in [0.25, 0.3) is 0 Å². The van der Waals surface area contributed by atoms with Crippen molar-refractivity contribution in [3.8, 4) is 11.5 Å². The first kappa shape index (κ1) is 15.6. The molecule has 1 N–H and O–H groups in total. The van der Waals surface area contributed by atoms with Gasteiger partial charge >= 0.3 is 0 Å². The molecule has 0 spiro atoms. The van der Waals surface area contributed by atoms with E-state index in [9.17, 15) is 4.39 Å². The third kappa shape index (κ3) is 3.67. The number of hydrogen-bond acceptors (Lipinski definition) is 3. The van der Waals surface area contributed by atoms with Crippen LogP contribution < -0.4 is 14.8 Å². The molecule has 0 bridgehead atoms. The molecule has 0 heterocycles. The molecule has 0 radical (unpaired) electrons. The van der Waals surface area contributed by atoms with Crippen LogP contribution >= 0.6 is 15.9 Å². The van der Waals surface area contributed by atoms with E-state index in [1.165, 1.54) is 6.07 Å². The van der Waals surface area contributed by atoms with Crippen LogP contribution in [0.15, 0.2) is 40.9 Å². The van der Waals surface area contributed by atoms with E-state index in [0.29, 0.717) is 17.1 Å². The van der Waals surface area contributed by atoms with Crippen LogP contribution in [0.1, 0.15) is 18.5 Å². The summed E-state index contributed by atoms with van der Waals surface area (Å²) in [6.45, 7) is 1.90. The van der Waals surface area contributed by atoms with Crippen LogP contribution in [0.25, 0.3) is 0 Å². The van der Waals surface area contributed by atoms with E-state index >= 15 is 0 Å². The van der Waals surface area contributed by atoms with Gasteiger partial charge in [-0.05, 0) is 37.3 Å². The van der Waals surface area contributed by atoms with Crippen molar-refractivity contribution in [2.45, 2.75) is 13.0 Å². The van der Waals surface area contributed by atoms with Gasteiger partial charge in [-0.25, -0.2) is 4.39 Å². The zero-order valence-electron chi connectivity index (χ0n) is 12.1. The van der Waals surface area contributed by atoms with Crippen molar-refractivity contribution in [1.29, 1.82) is 0 Å². The zero-order valence-corrected chi connectivity index (χ0v) is 13.7. The quantitative estimate of drug-likeness (QED) is 0.838. The van der Waals surface area contributed by atoms with Gasteiger partial charge in [-0.1, -0.05) is 15.9 Å². The van der Waals surface area contributed by atoms with Gasteiger partial charge in [0.15, 0.2) is 0 Å². The van der Waals surface area contributed by atoms with E-state index in [1.807, 2.05) is 19.1 Å². The smallest absolute Gasteiger partial charge is 0.145 e. The molecule has 2 aromatic rings. The van der Waals surface area contributed by atoms with E-state index in [2.05, 4.69) is 21.2 Å². The molecule has 0 aliphatic heterocycles. The highest BCUT2D eigenvalue weighted by atomic mass is 79.9. The van der Waals surface area contributed by atoms with Crippen LogP contribution in [0, 0.1) is 5.82 Å². The van der Waals surface area contributed by atoms with Crippen molar-refractivity contribution >= 4 is 21.6 Å². The molecule has 0 aliphatic carbocycles.